The van der Waals surface area contributed by atoms with Gasteiger partial charge in [0.15, 0.2) is 0 Å². The monoisotopic (exact) mass is 246 g/mol. The average Bonchev–Trinajstić information content (AvgIpc) is 2.88. The third-order valence-electron chi connectivity index (χ3n) is 2.63. The molecular formula is C13H14N2O3. The summed E-state index contributed by atoms with van der Waals surface area (Å²) in [5, 5.41) is 9.62. The van der Waals surface area contributed by atoms with Crippen molar-refractivity contribution in [1.29, 1.82) is 0 Å². The highest BCUT2D eigenvalue weighted by Gasteiger charge is 2.18. The van der Waals surface area contributed by atoms with Crippen LogP contribution in [0.25, 0.3) is 0 Å². The van der Waals surface area contributed by atoms with Gasteiger partial charge in [0.2, 0.25) is 0 Å². The fraction of sp³-hybridized carbons (Fsp3) is 0.231. The summed E-state index contributed by atoms with van der Waals surface area (Å²) in [4.78, 5) is 17.6. The molecular weight excluding hydrogens is 232 g/mol. The van der Waals surface area contributed by atoms with E-state index < -0.39 is 0 Å². The van der Waals surface area contributed by atoms with Crippen molar-refractivity contribution in [2.45, 2.75) is 13.5 Å². The molecule has 0 atom stereocenters. The van der Waals surface area contributed by atoms with Gasteiger partial charge in [0.1, 0.15) is 11.5 Å². The van der Waals surface area contributed by atoms with E-state index in [9.17, 15) is 9.90 Å². The highest BCUT2D eigenvalue weighted by molar-refractivity contribution is 5.96. The molecule has 0 aromatic carbocycles. The summed E-state index contributed by atoms with van der Waals surface area (Å²) < 4.78 is 5.21. The molecule has 5 heteroatoms. The fourth-order valence-corrected chi connectivity index (χ4v) is 1.66. The molecule has 0 spiro atoms. The normalized spacial score (nSPS) is 10.3. The summed E-state index contributed by atoms with van der Waals surface area (Å²) in [5.41, 5.74) is 0.249. The van der Waals surface area contributed by atoms with Gasteiger partial charge < -0.3 is 14.4 Å². The molecule has 0 bridgehead atoms. The lowest BCUT2D eigenvalue weighted by molar-refractivity contribution is 0.0738. The number of aromatic hydroxyl groups is 1. The zero-order chi connectivity index (χ0) is 13.0. The maximum atomic E-state index is 12.2. The second-order valence-electron chi connectivity index (χ2n) is 3.79. The van der Waals surface area contributed by atoms with Crippen molar-refractivity contribution < 1.29 is 14.3 Å². The van der Waals surface area contributed by atoms with Crippen LogP contribution in [0.5, 0.6) is 5.75 Å². The average molecular weight is 246 g/mol. The number of carbonyl (C=O) groups is 1. The van der Waals surface area contributed by atoms with Crippen LogP contribution < -0.4 is 0 Å². The molecule has 0 fully saturated rings. The van der Waals surface area contributed by atoms with E-state index in [2.05, 4.69) is 4.98 Å². The third kappa shape index (κ3) is 2.51. The van der Waals surface area contributed by atoms with Gasteiger partial charge in [-0.2, -0.15) is 0 Å². The Morgan fingerprint density at radius 3 is 2.94 bits per heavy atom. The summed E-state index contributed by atoms with van der Waals surface area (Å²) >= 11 is 0. The maximum absolute atomic E-state index is 12.2. The van der Waals surface area contributed by atoms with Crippen LogP contribution in [0, 0.1) is 0 Å². The van der Waals surface area contributed by atoms with Gasteiger partial charge in [-0.1, -0.05) is 0 Å². The van der Waals surface area contributed by atoms with E-state index in [1.807, 2.05) is 13.0 Å². The quantitative estimate of drug-likeness (QED) is 0.896. The van der Waals surface area contributed by atoms with Crippen molar-refractivity contribution in [3.8, 4) is 5.75 Å². The number of carbonyl (C=O) groups excluding carboxylic acids is 1. The number of pyridine rings is 1. The smallest absolute Gasteiger partial charge is 0.258 e. The lowest BCUT2D eigenvalue weighted by Crippen LogP contribution is -2.30. The van der Waals surface area contributed by atoms with E-state index in [0.29, 0.717) is 18.8 Å². The first-order valence-corrected chi connectivity index (χ1v) is 5.67. The van der Waals surface area contributed by atoms with Crippen molar-refractivity contribution in [2.24, 2.45) is 0 Å². The van der Waals surface area contributed by atoms with Crippen LogP contribution in [-0.4, -0.2) is 27.4 Å². The highest BCUT2D eigenvalue weighted by atomic mass is 16.3. The summed E-state index contributed by atoms with van der Waals surface area (Å²) in [7, 11) is 0. The van der Waals surface area contributed by atoms with Gasteiger partial charge in [0, 0.05) is 12.7 Å². The summed E-state index contributed by atoms with van der Waals surface area (Å²) in [5.74, 6) is 0.355. The Bertz CT molecular complexity index is 523. The molecule has 0 aliphatic carbocycles. The van der Waals surface area contributed by atoms with Crippen LogP contribution in [0.3, 0.4) is 0 Å². The molecule has 0 saturated carbocycles. The molecule has 1 amide bonds. The molecule has 2 aromatic rings. The van der Waals surface area contributed by atoms with Gasteiger partial charge in [0.05, 0.1) is 24.6 Å². The van der Waals surface area contributed by atoms with E-state index in [-0.39, 0.29) is 17.2 Å². The largest absolute Gasteiger partial charge is 0.505 e. The zero-order valence-electron chi connectivity index (χ0n) is 10.0. The SMILES string of the molecule is CCN(Cc1ccco1)C(=O)c1ccncc1O. The lowest BCUT2D eigenvalue weighted by atomic mass is 10.2. The standard InChI is InChI=1S/C13H14N2O3/c1-2-15(9-10-4-3-7-18-10)13(17)11-5-6-14-8-12(11)16/h3-8,16H,2,9H2,1H3. The molecule has 0 radical (unpaired) electrons. The van der Waals surface area contributed by atoms with Gasteiger partial charge >= 0.3 is 0 Å². The van der Waals surface area contributed by atoms with Crippen molar-refractivity contribution in [3.63, 3.8) is 0 Å². The van der Waals surface area contributed by atoms with Crippen LogP contribution in [0.15, 0.2) is 41.3 Å². The van der Waals surface area contributed by atoms with Gasteiger partial charge in [-0.05, 0) is 25.1 Å². The van der Waals surface area contributed by atoms with Gasteiger partial charge in [-0.3, -0.25) is 9.78 Å². The second-order valence-corrected chi connectivity index (χ2v) is 3.79. The highest BCUT2D eigenvalue weighted by Crippen LogP contribution is 2.17. The molecule has 18 heavy (non-hydrogen) atoms. The van der Waals surface area contributed by atoms with E-state index >= 15 is 0 Å². The van der Waals surface area contributed by atoms with Crippen molar-refractivity contribution in [1.82, 2.24) is 9.88 Å². The minimum absolute atomic E-state index is 0.111. The maximum Gasteiger partial charge on any atom is 0.258 e. The first-order valence-electron chi connectivity index (χ1n) is 5.67. The van der Waals surface area contributed by atoms with Crippen LogP contribution in [0.2, 0.25) is 0 Å². The van der Waals surface area contributed by atoms with E-state index in [1.165, 1.54) is 18.5 Å². The number of aromatic nitrogens is 1. The number of nitrogens with zero attached hydrogens (tertiary/aromatic N) is 2. The number of amides is 1. The predicted molar refractivity (Wildman–Crippen MR) is 65.0 cm³/mol. The molecule has 2 rings (SSSR count). The first-order chi connectivity index (χ1) is 8.72. The number of rotatable bonds is 4. The first kappa shape index (κ1) is 12.2. The molecule has 5 nitrogen and oxygen atoms in total. The van der Waals surface area contributed by atoms with Crippen LogP contribution >= 0.6 is 0 Å². The second kappa shape index (κ2) is 5.35. The van der Waals surface area contributed by atoms with Crippen molar-refractivity contribution >= 4 is 5.91 Å². The van der Waals surface area contributed by atoms with Crippen LogP contribution in [-0.2, 0) is 6.54 Å². The van der Waals surface area contributed by atoms with Crippen molar-refractivity contribution in [3.05, 3.63) is 48.2 Å². The fourth-order valence-electron chi connectivity index (χ4n) is 1.66. The molecule has 0 aliphatic rings. The summed E-state index contributed by atoms with van der Waals surface area (Å²) in [6, 6.07) is 5.09. The van der Waals surface area contributed by atoms with Gasteiger partial charge in [-0.25, -0.2) is 0 Å². The van der Waals surface area contributed by atoms with E-state index in [4.69, 9.17) is 4.42 Å². The molecule has 0 unspecified atom stereocenters. The Labute approximate surface area is 105 Å². The van der Waals surface area contributed by atoms with Crippen LogP contribution in [0.4, 0.5) is 0 Å². The van der Waals surface area contributed by atoms with E-state index in [1.54, 1.807) is 17.2 Å². The van der Waals surface area contributed by atoms with Gasteiger partial charge in [-0.15, -0.1) is 0 Å². The predicted octanol–water partition coefficient (Wildman–Crippen LogP) is 2.04. The lowest BCUT2D eigenvalue weighted by Gasteiger charge is -2.19. The minimum atomic E-state index is -0.242. The number of hydrogen-bond donors (Lipinski definition) is 1. The van der Waals surface area contributed by atoms with Crippen LogP contribution in [0.1, 0.15) is 23.0 Å². The van der Waals surface area contributed by atoms with Crippen molar-refractivity contribution in [2.75, 3.05) is 6.54 Å². The van der Waals surface area contributed by atoms with E-state index in [0.717, 1.165) is 0 Å². The third-order valence-corrected chi connectivity index (χ3v) is 2.63. The van der Waals surface area contributed by atoms with Gasteiger partial charge in [0.25, 0.3) is 5.91 Å². The number of furan rings is 1. The molecule has 0 aliphatic heterocycles. The number of hydrogen-bond acceptors (Lipinski definition) is 4. The Kier molecular flexibility index (Phi) is 3.62. The molecule has 0 saturated heterocycles. The Balaban J connectivity index is 2.18. The Morgan fingerprint density at radius 2 is 2.33 bits per heavy atom. The molecule has 2 aromatic heterocycles. The Hall–Kier alpha value is -2.30. The topological polar surface area (TPSA) is 66.6 Å². The molecule has 94 valence electrons. The molecule has 2 heterocycles. The Morgan fingerprint density at radius 1 is 1.50 bits per heavy atom. The summed E-state index contributed by atoms with van der Waals surface area (Å²) in [6.07, 6.45) is 4.30. The molecule has 1 N–H and O–H groups in total. The summed E-state index contributed by atoms with van der Waals surface area (Å²) in [6.45, 7) is 2.78. The zero-order valence-corrected chi connectivity index (χ0v) is 10.0. The minimum Gasteiger partial charge on any atom is -0.505 e.